The third kappa shape index (κ3) is 3.27. The number of pyridine rings is 1. The fourth-order valence-electron chi connectivity index (χ4n) is 1.85. The molecule has 2 aromatic heterocycles. The van der Waals surface area contributed by atoms with Crippen LogP contribution in [-0.4, -0.2) is 20.4 Å². The van der Waals surface area contributed by atoms with Crippen LogP contribution in [0.2, 0.25) is 0 Å². The number of carbonyl (C=O) groups excluding carboxylic acids is 1. The molecule has 2 heterocycles. The van der Waals surface area contributed by atoms with Crippen LogP contribution < -0.4 is 5.32 Å². The highest BCUT2D eigenvalue weighted by Crippen LogP contribution is 2.14. The highest BCUT2D eigenvalue weighted by molar-refractivity contribution is 14.1. The molecular weight excluding hydrogens is 379 g/mol. The van der Waals surface area contributed by atoms with Crippen LogP contribution in [0.4, 0.5) is 5.69 Å². The van der Waals surface area contributed by atoms with E-state index in [0.29, 0.717) is 11.5 Å². The van der Waals surface area contributed by atoms with E-state index < -0.39 is 0 Å². The van der Waals surface area contributed by atoms with E-state index in [4.69, 9.17) is 0 Å². The van der Waals surface area contributed by atoms with Gasteiger partial charge in [0.05, 0.1) is 0 Å². The Hall–Kier alpha value is -2.22. The maximum Gasteiger partial charge on any atom is 0.274 e. The van der Waals surface area contributed by atoms with Crippen LogP contribution in [0.3, 0.4) is 0 Å². The summed E-state index contributed by atoms with van der Waals surface area (Å²) in [6.07, 6.45) is 5.09. The first-order valence-electron chi connectivity index (χ1n) is 6.25. The fraction of sp³-hybridized carbons (Fsp3) is 0. The molecule has 21 heavy (non-hydrogen) atoms. The lowest BCUT2D eigenvalue weighted by Gasteiger charge is -2.07. The number of anilines is 1. The summed E-state index contributed by atoms with van der Waals surface area (Å²) in [6, 6.07) is 12.9. The van der Waals surface area contributed by atoms with Gasteiger partial charge in [0, 0.05) is 21.7 Å². The molecule has 0 spiro atoms. The van der Waals surface area contributed by atoms with E-state index in [0.717, 1.165) is 9.26 Å². The minimum absolute atomic E-state index is 0.237. The number of aromatic nitrogens is 3. The molecule has 1 N–H and O–H groups in total. The topological polar surface area (TPSA) is 59.8 Å². The van der Waals surface area contributed by atoms with Crippen LogP contribution in [0.5, 0.6) is 0 Å². The number of hydrogen-bond acceptors (Lipinski definition) is 3. The average molecular weight is 390 g/mol. The molecule has 1 aromatic carbocycles. The predicted octanol–water partition coefficient (Wildman–Crippen LogP) is 3.12. The Labute approximate surface area is 135 Å². The summed E-state index contributed by atoms with van der Waals surface area (Å²) in [7, 11) is 0. The van der Waals surface area contributed by atoms with Crippen molar-refractivity contribution in [2.75, 3.05) is 5.32 Å². The molecule has 0 fully saturated rings. The number of carbonyl (C=O) groups is 1. The van der Waals surface area contributed by atoms with Gasteiger partial charge in [0.1, 0.15) is 17.8 Å². The molecule has 104 valence electrons. The average Bonchev–Trinajstić information content (AvgIpc) is 3.02. The first-order chi connectivity index (χ1) is 10.2. The molecule has 0 bridgehead atoms. The summed E-state index contributed by atoms with van der Waals surface area (Å²) in [5.41, 5.74) is 1.11. The van der Waals surface area contributed by atoms with Crippen molar-refractivity contribution in [2.45, 2.75) is 0 Å². The molecule has 0 aliphatic rings. The first kappa shape index (κ1) is 13.7. The molecule has 0 saturated carbocycles. The zero-order valence-corrected chi connectivity index (χ0v) is 13.1. The Morgan fingerprint density at radius 3 is 2.81 bits per heavy atom. The molecular formula is C15H11IN4O. The van der Waals surface area contributed by atoms with Gasteiger partial charge in [-0.15, -0.1) is 0 Å². The van der Waals surface area contributed by atoms with Gasteiger partial charge in [-0.05, 0) is 52.9 Å². The molecule has 0 saturated heterocycles. The minimum atomic E-state index is -0.237. The van der Waals surface area contributed by atoms with Crippen molar-refractivity contribution in [3.8, 4) is 5.82 Å². The predicted molar refractivity (Wildman–Crippen MR) is 88.5 cm³/mol. The smallest absolute Gasteiger partial charge is 0.274 e. The lowest BCUT2D eigenvalue weighted by molar-refractivity contribution is 0.102. The fourth-order valence-corrected chi connectivity index (χ4v) is 2.39. The molecule has 6 heteroatoms. The SMILES string of the molecule is O=C(Nc1cccc(I)c1)c1cccc(-n2ccnc2)n1. The van der Waals surface area contributed by atoms with E-state index in [-0.39, 0.29) is 5.91 Å². The summed E-state index contributed by atoms with van der Waals surface area (Å²) in [5, 5.41) is 2.84. The summed E-state index contributed by atoms with van der Waals surface area (Å²) < 4.78 is 2.81. The summed E-state index contributed by atoms with van der Waals surface area (Å²) in [4.78, 5) is 20.6. The van der Waals surface area contributed by atoms with Crippen molar-refractivity contribution >= 4 is 34.2 Å². The second kappa shape index (κ2) is 6.04. The van der Waals surface area contributed by atoms with Crippen LogP contribution in [0, 0.1) is 3.57 Å². The summed E-state index contributed by atoms with van der Waals surface area (Å²) in [6.45, 7) is 0. The Morgan fingerprint density at radius 1 is 1.19 bits per heavy atom. The normalized spacial score (nSPS) is 10.3. The number of nitrogens with zero attached hydrogens (tertiary/aromatic N) is 3. The highest BCUT2D eigenvalue weighted by Gasteiger charge is 2.09. The van der Waals surface area contributed by atoms with Gasteiger partial charge in [0.15, 0.2) is 0 Å². The molecule has 1 amide bonds. The van der Waals surface area contributed by atoms with Crippen molar-refractivity contribution in [2.24, 2.45) is 0 Å². The molecule has 0 aliphatic carbocycles. The van der Waals surface area contributed by atoms with Crippen molar-refractivity contribution in [3.63, 3.8) is 0 Å². The molecule has 3 rings (SSSR count). The van der Waals surface area contributed by atoms with Crippen molar-refractivity contribution < 1.29 is 4.79 Å². The molecule has 0 radical (unpaired) electrons. The maximum atomic E-state index is 12.2. The van der Waals surface area contributed by atoms with Gasteiger partial charge in [0.2, 0.25) is 0 Å². The van der Waals surface area contributed by atoms with Crippen LogP contribution in [0.25, 0.3) is 5.82 Å². The molecule has 0 atom stereocenters. The number of halogens is 1. The number of rotatable bonds is 3. The van der Waals surface area contributed by atoms with Crippen LogP contribution in [0.1, 0.15) is 10.5 Å². The van der Waals surface area contributed by atoms with Crippen LogP contribution >= 0.6 is 22.6 Å². The molecule has 0 unspecified atom stereocenters. The minimum Gasteiger partial charge on any atom is -0.321 e. The highest BCUT2D eigenvalue weighted by atomic mass is 127. The second-order valence-corrected chi connectivity index (χ2v) is 5.56. The third-order valence-corrected chi connectivity index (χ3v) is 3.49. The number of hydrogen-bond donors (Lipinski definition) is 1. The first-order valence-corrected chi connectivity index (χ1v) is 7.32. The summed E-state index contributed by atoms with van der Waals surface area (Å²) >= 11 is 2.20. The number of amides is 1. The lowest BCUT2D eigenvalue weighted by atomic mass is 10.3. The zero-order valence-electron chi connectivity index (χ0n) is 10.9. The largest absolute Gasteiger partial charge is 0.321 e. The van der Waals surface area contributed by atoms with Crippen molar-refractivity contribution in [3.05, 3.63) is 70.4 Å². The summed E-state index contributed by atoms with van der Waals surface area (Å²) in [5.74, 6) is 0.418. The van der Waals surface area contributed by atoms with Gasteiger partial charge in [-0.1, -0.05) is 12.1 Å². The maximum absolute atomic E-state index is 12.2. The van der Waals surface area contributed by atoms with Gasteiger partial charge < -0.3 is 5.32 Å². The van der Waals surface area contributed by atoms with E-state index in [2.05, 4.69) is 37.9 Å². The number of nitrogens with one attached hydrogen (secondary N) is 1. The molecule has 0 aliphatic heterocycles. The number of benzene rings is 1. The van der Waals surface area contributed by atoms with E-state index in [9.17, 15) is 4.79 Å². The second-order valence-electron chi connectivity index (χ2n) is 4.32. The monoisotopic (exact) mass is 390 g/mol. The van der Waals surface area contributed by atoms with Gasteiger partial charge >= 0.3 is 0 Å². The zero-order chi connectivity index (χ0) is 14.7. The van der Waals surface area contributed by atoms with Crippen molar-refractivity contribution in [1.29, 1.82) is 0 Å². The molecule has 5 nitrogen and oxygen atoms in total. The van der Waals surface area contributed by atoms with Crippen molar-refractivity contribution in [1.82, 2.24) is 14.5 Å². The standard InChI is InChI=1S/C15H11IN4O/c16-11-3-1-4-12(9-11)18-15(21)13-5-2-6-14(19-13)20-8-7-17-10-20/h1-10H,(H,18,21). The third-order valence-electron chi connectivity index (χ3n) is 2.82. The van der Waals surface area contributed by atoms with E-state index in [1.54, 1.807) is 35.4 Å². The van der Waals surface area contributed by atoms with E-state index in [1.807, 2.05) is 30.3 Å². The lowest BCUT2D eigenvalue weighted by Crippen LogP contribution is -2.14. The Kier molecular flexibility index (Phi) is 3.96. The van der Waals surface area contributed by atoms with Crippen LogP contribution in [-0.2, 0) is 0 Å². The Balaban J connectivity index is 1.83. The van der Waals surface area contributed by atoms with E-state index >= 15 is 0 Å². The number of imidazole rings is 1. The quantitative estimate of drug-likeness (QED) is 0.700. The van der Waals surface area contributed by atoms with Gasteiger partial charge in [0.25, 0.3) is 5.91 Å². The van der Waals surface area contributed by atoms with Gasteiger partial charge in [-0.3, -0.25) is 9.36 Å². The Morgan fingerprint density at radius 2 is 2.05 bits per heavy atom. The van der Waals surface area contributed by atoms with Crippen LogP contribution in [0.15, 0.2) is 61.2 Å². The van der Waals surface area contributed by atoms with Gasteiger partial charge in [-0.2, -0.15) is 0 Å². The van der Waals surface area contributed by atoms with Gasteiger partial charge in [-0.25, -0.2) is 9.97 Å². The Bertz CT molecular complexity index is 771. The van der Waals surface area contributed by atoms with E-state index in [1.165, 1.54) is 0 Å². The molecule has 3 aromatic rings.